The lowest BCUT2D eigenvalue weighted by Crippen LogP contribution is -2.17. The van der Waals surface area contributed by atoms with Gasteiger partial charge < -0.3 is 0 Å². The minimum absolute atomic E-state index is 0.0222. The third kappa shape index (κ3) is 4.14. The number of pyridine rings is 1. The van der Waals surface area contributed by atoms with Crippen molar-refractivity contribution in [2.24, 2.45) is 0 Å². The monoisotopic (exact) mass is 332 g/mol. The van der Waals surface area contributed by atoms with E-state index in [9.17, 15) is 8.42 Å². The van der Waals surface area contributed by atoms with Crippen molar-refractivity contribution in [1.82, 2.24) is 4.98 Å². The quantitative estimate of drug-likeness (QED) is 0.680. The van der Waals surface area contributed by atoms with Crippen LogP contribution < -0.4 is 4.72 Å². The highest BCUT2D eigenvalue weighted by molar-refractivity contribution is 9.10. The number of rotatable bonds is 4. The average molecular weight is 334 g/mol. The molecule has 0 aliphatic rings. The second-order valence-electron chi connectivity index (χ2n) is 2.60. The molecule has 1 heterocycles. The summed E-state index contributed by atoms with van der Waals surface area (Å²) in [5, 5.41) is 0.0938. The fourth-order valence-corrected chi connectivity index (χ4v) is 2.76. The van der Waals surface area contributed by atoms with Crippen LogP contribution in [-0.2, 0) is 10.0 Å². The van der Waals surface area contributed by atoms with Crippen molar-refractivity contribution in [3.8, 4) is 0 Å². The lowest BCUT2D eigenvalue weighted by molar-refractivity contribution is 0.602. The molecule has 0 aromatic carbocycles. The Bertz CT molecular complexity index is 452. The average Bonchev–Trinajstić information content (AvgIpc) is 2.10. The molecule has 0 spiro atoms. The SMILES string of the molecule is O=S(=O)(CCCl)Nc1cc(Br)cnc1Cl. The van der Waals surface area contributed by atoms with Crippen LogP contribution in [0.3, 0.4) is 0 Å². The molecule has 0 radical (unpaired) electrons. The van der Waals surface area contributed by atoms with Gasteiger partial charge in [-0.1, -0.05) is 11.6 Å². The number of anilines is 1. The summed E-state index contributed by atoms with van der Waals surface area (Å²) >= 11 is 14.2. The van der Waals surface area contributed by atoms with Crippen LogP contribution in [0.15, 0.2) is 16.7 Å². The Balaban J connectivity index is 2.94. The molecule has 0 unspecified atom stereocenters. The van der Waals surface area contributed by atoms with E-state index in [-0.39, 0.29) is 22.5 Å². The lowest BCUT2D eigenvalue weighted by Gasteiger charge is -2.07. The second kappa shape index (κ2) is 5.34. The molecule has 4 nitrogen and oxygen atoms in total. The molecular formula is C7H7BrCl2N2O2S. The van der Waals surface area contributed by atoms with Crippen molar-refractivity contribution in [3.05, 3.63) is 21.9 Å². The van der Waals surface area contributed by atoms with Gasteiger partial charge in [-0.15, -0.1) is 11.6 Å². The van der Waals surface area contributed by atoms with E-state index in [1.165, 1.54) is 12.3 Å². The highest BCUT2D eigenvalue weighted by Gasteiger charge is 2.12. The van der Waals surface area contributed by atoms with Crippen LogP contribution in [0.25, 0.3) is 0 Å². The van der Waals surface area contributed by atoms with Gasteiger partial charge in [0.15, 0.2) is 5.15 Å². The van der Waals surface area contributed by atoms with Crippen molar-refractivity contribution in [2.75, 3.05) is 16.4 Å². The number of alkyl halides is 1. The zero-order valence-corrected chi connectivity index (χ0v) is 11.3. The Kier molecular flexibility index (Phi) is 4.64. The number of hydrogen-bond donors (Lipinski definition) is 1. The van der Waals surface area contributed by atoms with E-state index in [1.807, 2.05) is 0 Å². The molecule has 0 amide bonds. The summed E-state index contributed by atoms with van der Waals surface area (Å²) in [6.07, 6.45) is 1.47. The number of halogens is 3. The number of sulfonamides is 1. The number of nitrogens with one attached hydrogen (secondary N) is 1. The fraction of sp³-hybridized carbons (Fsp3) is 0.286. The molecule has 0 fully saturated rings. The van der Waals surface area contributed by atoms with Crippen molar-refractivity contribution in [2.45, 2.75) is 0 Å². The van der Waals surface area contributed by atoms with E-state index >= 15 is 0 Å². The zero-order valence-electron chi connectivity index (χ0n) is 7.37. The van der Waals surface area contributed by atoms with Crippen LogP contribution in [0, 0.1) is 0 Å². The minimum atomic E-state index is -3.45. The Morgan fingerprint density at radius 3 is 2.80 bits per heavy atom. The number of aromatic nitrogens is 1. The third-order valence-electron chi connectivity index (χ3n) is 1.42. The molecular weight excluding hydrogens is 327 g/mol. The summed E-state index contributed by atoms with van der Waals surface area (Å²) in [7, 11) is -3.45. The van der Waals surface area contributed by atoms with Gasteiger partial charge in [0, 0.05) is 16.5 Å². The molecule has 1 rings (SSSR count). The molecule has 0 aliphatic carbocycles. The van der Waals surface area contributed by atoms with Gasteiger partial charge in [0.25, 0.3) is 0 Å². The molecule has 84 valence electrons. The van der Waals surface area contributed by atoms with Crippen LogP contribution >= 0.6 is 39.1 Å². The van der Waals surface area contributed by atoms with Crippen molar-refractivity contribution in [1.29, 1.82) is 0 Å². The van der Waals surface area contributed by atoms with Crippen molar-refractivity contribution >= 4 is 54.8 Å². The van der Waals surface area contributed by atoms with Gasteiger partial charge in [-0.2, -0.15) is 0 Å². The normalized spacial score (nSPS) is 11.4. The molecule has 1 aromatic rings. The summed E-state index contributed by atoms with van der Waals surface area (Å²) in [4.78, 5) is 3.78. The summed E-state index contributed by atoms with van der Waals surface area (Å²) < 4.78 is 25.7. The Morgan fingerprint density at radius 2 is 2.20 bits per heavy atom. The van der Waals surface area contributed by atoms with Gasteiger partial charge in [0.2, 0.25) is 10.0 Å². The first-order valence-electron chi connectivity index (χ1n) is 3.82. The topological polar surface area (TPSA) is 59.1 Å². The second-order valence-corrected chi connectivity index (χ2v) is 6.10. The predicted octanol–water partition coefficient (Wildman–Crippen LogP) is 2.48. The lowest BCUT2D eigenvalue weighted by atomic mass is 10.4. The summed E-state index contributed by atoms with van der Waals surface area (Å²) in [5.41, 5.74) is 0.233. The Morgan fingerprint density at radius 1 is 1.53 bits per heavy atom. The Labute approximate surface area is 106 Å². The van der Waals surface area contributed by atoms with Crippen LogP contribution in [-0.4, -0.2) is 25.0 Å². The molecule has 0 atom stereocenters. The number of hydrogen-bond acceptors (Lipinski definition) is 3. The van der Waals surface area contributed by atoms with Crippen LogP contribution in [0.4, 0.5) is 5.69 Å². The van der Waals surface area contributed by atoms with Gasteiger partial charge in [-0.25, -0.2) is 13.4 Å². The van der Waals surface area contributed by atoms with Gasteiger partial charge in [0.05, 0.1) is 11.4 Å². The smallest absolute Gasteiger partial charge is 0.234 e. The van der Waals surface area contributed by atoms with Gasteiger partial charge in [-0.05, 0) is 22.0 Å². The molecule has 0 bridgehead atoms. The first-order valence-corrected chi connectivity index (χ1v) is 7.18. The highest BCUT2D eigenvalue weighted by atomic mass is 79.9. The maximum atomic E-state index is 11.4. The van der Waals surface area contributed by atoms with E-state index in [1.54, 1.807) is 0 Å². The molecule has 1 aromatic heterocycles. The van der Waals surface area contributed by atoms with E-state index in [0.29, 0.717) is 4.47 Å². The number of nitrogens with zero attached hydrogens (tertiary/aromatic N) is 1. The van der Waals surface area contributed by atoms with E-state index in [4.69, 9.17) is 23.2 Å². The standard InChI is InChI=1S/C7H7BrCl2N2O2S/c8-5-3-6(7(10)11-4-5)12-15(13,14)2-1-9/h3-4,12H,1-2H2. The van der Waals surface area contributed by atoms with Crippen molar-refractivity contribution in [3.63, 3.8) is 0 Å². The van der Waals surface area contributed by atoms with Crippen LogP contribution in [0.2, 0.25) is 5.15 Å². The molecule has 8 heteroatoms. The zero-order chi connectivity index (χ0) is 11.5. The molecule has 0 aliphatic heterocycles. The molecule has 1 N–H and O–H groups in total. The van der Waals surface area contributed by atoms with Gasteiger partial charge in [-0.3, -0.25) is 4.72 Å². The van der Waals surface area contributed by atoms with Crippen LogP contribution in [0.5, 0.6) is 0 Å². The maximum Gasteiger partial charge on any atom is 0.234 e. The Hall–Kier alpha value is -0.0400. The van der Waals surface area contributed by atoms with E-state index in [0.717, 1.165) is 0 Å². The summed E-state index contributed by atoms with van der Waals surface area (Å²) in [6, 6.07) is 1.53. The fourth-order valence-electron chi connectivity index (χ4n) is 0.814. The first-order chi connectivity index (χ1) is 6.94. The summed E-state index contributed by atoms with van der Waals surface area (Å²) in [6.45, 7) is 0. The molecule has 0 saturated carbocycles. The third-order valence-corrected chi connectivity index (χ3v) is 3.84. The van der Waals surface area contributed by atoms with Crippen LogP contribution in [0.1, 0.15) is 0 Å². The van der Waals surface area contributed by atoms with Gasteiger partial charge in [0.1, 0.15) is 0 Å². The predicted molar refractivity (Wildman–Crippen MR) is 65.1 cm³/mol. The van der Waals surface area contributed by atoms with E-state index < -0.39 is 10.0 Å². The first kappa shape index (κ1) is 13.0. The largest absolute Gasteiger partial charge is 0.280 e. The van der Waals surface area contributed by atoms with E-state index in [2.05, 4.69) is 25.6 Å². The molecule has 15 heavy (non-hydrogen) atoms. The highest BCUT2D eigenvalue weighted by Crippen LogP contribution is 2.23. The van der Waals surface area contributed by atoms with Crippen molar-refractivity contribution < 1.29 is 8.42 Å². The van der Waals surface area contributed by atoms with Gasteiger partial charge >= 0.3 is 0 Å². The minimum Gasteiger partial charge on any atom is -0.280 e. The summed E-state index contributed by atoms with van der Waals surface area (Å²) in [5.74, 6) is -0.147. The molecule has 0 saturated heterocycles. The maximum absolute atomic E-state index is 11.4.